The van der Waals surface area contributed by atoms with Crippen LogP contribution in [0.15, 0.2) is 18.2 Å². The Labute approximate surface area is 125 Å². The second kappa shape index (κ2) is 7.61. The molecule has 0 atom stereocenters. The van der Waals surface area contributed by atoms with Gasteiger partial charge in [-0.15, -0.1) is 0 Å². The molecule has 0 aliphatic heterocycles. The number of carbonyl (C=O) groups is 1. The second-order valence-electron chi connectivity index (χ2n) is 4.40. The van der Waals surface area contributed by atoms with Crippen molar-refractivity contribution in [2.45, 2.75) is 26.7 Å². The maximum Gasteiger partial charge on any atom is 0.324 e. The predicted octanol–water partition coefficient (Wildman–Crippen LogP) is 4.67. The van der Waals surface area contributed by atoms with Crippen LogP contribution < -0.4 is 4.90 Å². The van der Waals surface area contributed by atoms with Gasteiger partial charge >= 0.3 is 6.03 Å². The van der Waals surface area contributed by atoms with Crippen LogP contribution in [-0.4, -0.2) is 31.1 Å². The zero-order chi connectivity index (χ0) is 14.4. The Morgan fingerprint density at radius 1 is 1.21 bits per heavy atom. The lowest BCUT2D eigenvalue weighted by molar-refractivity contribution is 0.217. The van der Waals surface area contributed by atoms with Crippen LogP contribution in [0.5, 0.6) is 0 Å². The van der Waals surface area contributed by atoms with E-state index in [2.05, 4.69) is 6.92 Å². The third kappa shape index (κ3) is 4.29. The molecule has 0 heterocycles. The number of carbonyl (C=O) groups excluding carboxylic acids is 1. The van der Waals surface area contributed by atoms with Gasteiger partial charge in [-0.05, 0) is 31.5 Å². The van der Waals surface area contributed by atoms with E-state index in [-0.39, 0.29) is 6.03 Å². The van der Waals surface area contributed by atoms with E-state index in [9.17, 15) is 4.79 Å². The fourth-order valence-corrected chi connectivity index (χ4v) is 1.94. The van der Waals surface area contributed by atoms with Crippen LogP contribution in [0.25, 0.3) is 0 Å². The van der Waals surface area contributed by atoms with Crippen LogP contribution in [0.2, 0.25) is 10.0 Å². The minimum absolute atomic E-state index is 0.0191. The minimum Gasteiger partial charge on any atom is -0.328 e. The summed E-state index contributed by atoms with van der Waals surface area (Å²) in [6.45, 7) is 5.40. The molecule has 0 unspecified atom stereocenters. The van der Waals surface area contributed by atoms with Gasteiger partial charge in [-0.2, -0.15) is 0 Å². The molecule has 0 fully saturated rings. The molecule has 106 valence electrons. The summed E-state index contributed by atoms with van der Waals surface area (Å²) in [7, 11) is 1.79. The van der Waals surface area contributed by atoms with Crippen molar-refractivity contribution >= 4 is 34.9 Å². The maximum absolute atomic E-state index is 12.4. The van der Waals surface area contributed by atoms with E-state index in [1.165, 1.54) is 0 Å². The number of urea groups is 1. The molecule has 0 aromatic heterocycles. The van der Waals surface area contributed by atoms with E-state index in [0.29, 0.717) is 23.1 Å². The molecule has 0 spiro atoms. The molecular formula is C14H20Cl2N2O. The van der Waals surface area contributed by atoms with Gasteiger partial charge in [-0.25, -0.2) is 4.79 Å². The van der Waals surface area contributed by atoms with Crippen molar-refractivity contribution in [1.29, 1.82) is 0 Å². The Balaban J connectivity index is 3.01. The van der Waals surface area contributed by atoms with Crippen LogP contribution in [-0.2, 0) is 0 Å². The molecule has 1 rings (SSSR count). The van der Waals surface area contributed by atoms with E-state index < -0.39 is 0 Å². The number of halogens is 2. The first-order valence-corrected chi connectivity index (χ1v) is 7.24. The summed E-state index contributed by atoms with van der Waals surface area (Å²) in [5, 5.41) is 0.963. The summed E-state index contributed by atoms with van der Waals surface area (Å²) in [4.78, 5) is 15.8. The molecule has 0 N–H and O–H groups in total. The number of rotatable bonds is 5. The smallest absolute Gasteiger partial charge is 0.324 e. The van der Waals surface area contributed by atoms with Crippen molar-refractivity contribution in [2.24, 2.45) is 0 Å². The van der Waals surface area contributed by atoms with Crippen molar-refractivity contribution in [3.63, 3.8) is 0 Å². The number of unbranched alkanes of at least 4 members (excludes halogenated alkanes) is 1. The molecule has 5 heteroatoms. The monoisotopic (exact) mass is 302 g/mol. The first-order valence-electron chi connectivity index (χ1n) is 6.48. The molecule has 19 heavy (non-hydrogen) atoms. The van der Waals surface area contributed by atoms with E-state index in [1.54, 1.807) is 29.0 Å². The lowest BCUT2D eigenvalue weighted by Crippen LogP contribution is -2.41. The third-order valence-corrected chi connectivity index (χ3v) is 3.72. The van der Waals surface area contributed by atoms with Crippen molar-refractivity contribution in [1.82, 2.24) is 4.90 Å². The van der Waals surface area contributed by atoms with Crippen LogP contribution in [0, 0.1) is 0 Å². The Hall–Kier alpha value is -0.930. The standard InChI is InChI=1S/C14H20Cl2N2O/c1-4-6-9-18(14(19)17(3)5-2)11-7-8-12(15)13(16)10-11/h7-8,10H,4-6,9H2,1-3H3. The molecular weight excluding hydrogens is 283 g/mol. The molecule has 0 saturated heterocycles. The van der Waals surface area contributed by atoms with E-state index in [0.717, 1.165) is 18.5 Å². The number of hydrogen-bond donors (Lipinski definition) is 0. The van der Waals surface area contributed by atoms with Gasteiger partial charge in [-0.3, -0.25) is 4.90 Å². The summed E-state index contributed by atoms with van der Waals surface area (Å²) >= 11 is 11.9. The van der Waals surface area contributed by atoms with Crippen LogP contribution >= 0.6 is 23.2 Å². The number of nitrogens with zero attached hydrogens (tertiary/aromatic N) is 2. The van der Waals surface area contributed by atoms with Crippen molar-refractivity contribution in [3.05, 3.63) is 28.2 Å². The zero-order valence-electron chi connectivity index (χ0n) is 11.6. The van der Waals surface area contributed by atoms with E-state index in [1.807, 2.05) is 13.0 Å². The van der Waals surface area contributed by atoms with Crippen LogP contribution in [0.4, 0.5) is 10.5 Å². The molecule has 0 saturated carbocycles. The number of benzene rings is 1. The Morgan fingerprint density at radius 2 is 1.89 bits per heavy atom. The highest BCUT2D eigenvalue weighted by molar-refractivity contribution is 6.42. The fourth-order valence-electron chi connectivity index (χ4n) is 1.65. The highest BCUT2D eigenvalue weighted by Gasteiger charge is 2.18. The number of anilines is 1. The normalized spacial score (nSPS) is 10.4. The quantitative estimate of drug-likeness (QED) is 0.775. The molecule has 0 radical (unpaired) electrons. The predicted molar refractivity (Wildman–Crippen MR) is 82.4 cm³/mol. The largest absolute Gasteiger partial charge is 0.328 e. The van der Waals surface area contributed by atoms with Crippen LogP contribution in [0.3, 0.4) is 0 Å². The molecule has 0 bridgehead atoms. The van der Waals surface area contributed by atoms with E-state index in [4.69, 9.17) is 23.2 Å². The topological polar surface area (TPSA) is 23.6 Å². The average Bonchev–Trinajstić information content (AvgIpc) is 2.41. The van der Waals surface area contributed by atoms with Crippen molar-refractivity contribution < 1.29 is 4.79 Å². The first kappa shape index (κ1) is 16.1. The van der Waals surface area contributed by atoms with Crippen LogP contribution in [0.1, 0.15) is 26.7 Å². The Kier molecular flexibility index (Phi) is 6.46. The van der Waals surface area contributed by atoms with E-state index >= 15 is 0 Å². The number of hydrogen-bond acceptors (Lipinski definition) is 1. The first-order chi connectivity index (χ1) is 9.01. The SMILES string of the molecule is CCCCN(C(=O)N(C)CC)c1ccc(Cl)c(Cl)c1. The highest BCUT2D eigenvalue weighted by Crippen LogP contribution is 2.28. The summed E-state index contributed by atoms with van der Waals surface area (Å²) < 4.78 is 0. The Morgan fingerprint density at radius 3 is 2.42 bits per heavy atom. The molecule has 3 nitrogen and oxygen atoms in total. The number of amides is 2. The van der Waals surface area contributed by atoms with Gasteiger partial charge in [0.25, 0.3) is 0 Å². The minimum atomic E-state index is -0.0191. The van der Waals surface area contributed by atoms with Gasteiger partial charge in [0, 0.05) is 25.8 Å². The van der Waals surface area contributed by atoms with Gasteiger partial charge in [0.05, 0.1) is 10.0 Å². The maximum atomic E-state index is 12.4. The Bertz CT molecular complexity index is 437. The molecule has 0 aliphatic carbocycles. The summed E-state index contributed by atoms with van der Waals surface area (Å²) in [6, 6.07) is 5.26. The zero-order valence-corrected chi connectivity index (χ0v) is 13.1. The second-order valence-corrected chi connectivity index (χ2v) is 5.21. The summed E-state index contributed by atoms with van der Waals surface area (Å²) in [5.74, 6) is 0. The fraction of sp³-hybridized carbons (Fsp3) is 0.500. The van der Waals surface area contributed by atoms with Crippen molar-refractivity contribution in [3.8, 4) is 0 Å². The highest BCUT2D eigenvalue weighted by atomic mass is 35.5. The molecule has 1 aromatic rings. The van der Waals surface area contributed by atoms with Gasteiger partial charge in [0.1, 0.15) is 0 Å². The van der Waals surface area contributed by atoms with Gasteiger partial charge in [-0.1, -0.05) is 36.5 Å². The van der Waals surface area contributed by atoms with Gasteiger partial charge in [0.2, 0.25) is 0 Å². The summed E-state index contributed by atoms with van der Waals surface area (Å²) in [5.41, 5.74) is 0.785. The molecule has 1 aromatic carbocycles. The average molecular weight is 303 g/mol. The van der Waals surface area contributed by atoms with Gasteiger partial charge < -0.3 is 4.90 Å². The molecule has 0 aliphatic rings. The lowest BCUT2D eigenvalue weighted by atomic mass is 10.2. The summed E-state index contributed by atoms with van der Waals surface area (Å²) in [6.07, 6.45) is 1.98. The lowest BCUT2D eigenvalue weighted by Gasteiger charge is -2.28. The molecule has 2 amide bonds. The van der Waals surface area contributed by atoms with Gasteiger partial charge in [0.15, 0.2) is 0 Å². The van der Waals surface area contributed by atoms with Crippen molar-refractivity contribution in [2.75, 3.05) is 25.0 Å². The third-order valence-electron chi connectivity index (χ3n) is 2.98.